The average Bonchev–Trinajstić information content (AvgIpc) is 2.80. The molecule has 0 heterocycles. The zero-order chi connectivity index (χ0) is 24.5. The van der Waals surface area contributed by atoms with Crippen LogP contribution in [-0.2, 0) is 17.6 Å². The standard InChI is InChI=1S/C27H28ClFO5/c1-3-19-15-23(10-7-20(19)8-12-27(30)31)32-14-13-18(2)33-25-11-9-21(28)16-26(25)34-24-6-4-5-22(29)17-24/h4-7,9-11,15-18H,3,8,12-14H2,1-2H3,(H,30,31). The molecule has 0 bridgehead atoms. The molecule has 3 rings (SSSR count). The summed E-state index contributed by atoms with van der Waals surface area (Å²) in [5.41, 5.74) is 2.12. The van der Waals surface area contributed by atoms with E-state index in [0.29, 0.717) is 41.7 Å². The largest absolute Gasteiger partial charge is 0.493 e. The Morgan fingerprint density at radius 1 is 1.03 bits per heavy atom. The zero-order valence-corrected chi connectivity index (χ0v) is 20.0. The maximum Gasteiger partial charge on any atom is 0.303 e. The molecule has 0 saturated carbocycles. The molecule has 1 unspecified atom stereocenters. The van der Waals surface area contributed by atoms with Crippen LogP contribution < -0.4 is 14.2 Å². The fourth-order valence-electron chi connectivity index (χ4n) is 3.44. The maximum absolute atomic E-state index is 13.5. The summed E-state index contributed by atoms with van der Waals surface area (Å²) in [6, 6.07) is 16.7. The van der Waals surface area contributed by atoms with Crippen LogP contribution in [0.2, 0.25) is 5.02 Å². The molecule has 0 aromatic heterocycles. The Morgan fingerprint density at radius 2 is 1.85 bits per heavy atom. The van der Waals surface area contributed by atoms with Gasteiger partial charge in [-0.15, -0.1) is 0 Å². The van der Waals surface area contributed by atoms with Crippen molar-refractivity contribution in [1.29, 1.82) is 0 Å². The lowest BCUT2D eigenvalue weighted by Crippen LogP contribution is -2.16. The second kappa shape index (κ2) is 12.3. The highest BCUT2D eigenvalue weighted by Crippen LogP contribution is 2.35. The molecule has 0 aliphatic carbocycles. The van der Waals surface area contributed by atoms with Crippen LogP contribution in [0, 0.1) is 5.82 Å². The van der Waals surface area contributed by atoms with Crippen molar-refractivity contribution in [2.45, 2.75) is 45.6 Å². The highest BCUT2D eigenvalue weighted by atomic mass is 35.5. The molecule has 0 fully saturated rings. The van der Waals surface area contributed by atoms with Gasteiger partial charge < -0.3 is 19.3 Å². The number of carboxylic acid groups (broad SMARTS) is 1. The van der Waals surface area contributed by atoms with E-state index < -0.39 is 11.8 Å². The molecular formula is C27H28ClFO5. The van der Waals surface area contributed by atoms with Crippen molar-refractivity contribution < 1.29 is 28.5 Å². The fraction of sp³-hybridized carbons (Fsp3) is 0.296. The highest BCUT2D eigenvalue weighted by molar-refractivity contribution is 6.30. The number of hydrogen-bond acceptors (Lipinski definition) is 4. The van der Waals surface area contributed by atoms with Gasteiger partial charge in [0.25, 0.3) is 0 Å². The van der Waals surface area contributed by atoms with Crippen molar-refractivity contribution in [3.8, 4) is 23.0 Å². The molecule has 34 heavy (non-hydrogen) atoms. The molecule has 0 aliphatic heterocycles. The molecule has 0 radical (unpaired) electrons. The third-order valence-electron chi connectivity index (χ3n) is 5.22. The normalized spacial score (nSPS) is 11.6. The lowest BCUT2D eigenvalue weighted by molar-refractivity contribution is -0.136. The Labute approximate surface area is 204 Å². The van der Waals surface area contributed by atoms with Gasteiger partial charge >= 0.3 is 5.97 Å². The number of hydrogen-bond donors (Lipinski definition) is 1. The van der Waals surface area contributed by atoms with Gasteiger partial charge in [0.05, 0.1) is 12.7 Å². The van der Waals surface area contributed by atoms with Crippen molar-refractivity contribution in [1.82, 2.24) is 0 Å². The molecule has 0 saturated heterocycles. The van der Waals surface area contributed by atoms with Crippen LogP contribution in [0.15, 0.2) is 60.7 Å². The first-order valence-corrected chi connectivity index (χ1v) is 11.6. The van der Waals surface area contributed by atoms with Crippen LogP contribution in [0.1, 0.15) is 37.8 Å². The predicted molar refractivity (Wildman–Crippen MR) is 130 cm³/mol. The van der Waals surface area contributed by atoms with Crippen molar-refractivity contribution in [2.24, 2.45) is 0 Å². The van der Waals surface area contributed by atoms with E-state index in [9.17, 15) is 9.18 Å². The van der Waals surface area contributed by atoms with Crippen molar-refractivity contribution in [2.75, 3.05) is 6.61 Å². The number of halogens is 2. The van der Waals surface area contributed by atoms with E-state index in [-0.39, 0.29) is 12.5 Å². The maximum atomic E-state index is 13.5. The molecule has 1 atom stereocenters. The minimum atomic E-state index is -0.804. The molecule has 7 heteroatoms. The first-order chi connectivity index (χ1) is 16.3. The summed E-state index contributed by atoms with van der Waals surface area (Å²) >= 11 is 6.11. The van der Waals surface area contributed by atoms with Crippen molar-refractivity contribution in [3.05, 3.63) is 82.6 Å². The number of rotatable bonds is 12. The summed E-state index contributed by atoms with van der Waals surface area (Å²) in [5.74, 6) is 0.786. The first kappa shape index (κ1) is 25.4. The number of aryl methyl sites for hydroxylation is 2. The molecule has 0 aliphatic rings. The van der Waals surface area contributed by atoms with E-state index in [4.69, 9.17) is 30.9 Å². The van der Waals surface area contributed by atoms with E-state index in [2.05, 4.69) is 0 Å². The lowest BCUT2D eigenvalue weighted by Gasteiger charge is -2.18. The van der Waals surface area contributed by atoms with Gasteiger partial charge in [-0.3, -0.25) is 4.79 Å². The van der Waals surface area contributed by atoms with Crippen LogP contribution in [0.25, 0.3) is 0 Å². The second-order valence-electron chi connectivity index (χ2n) is 7.89. The van der Waals surface area contributed by atoms with Crippen LogP contribution in [0.4, 0.5) is 4.39 Å². The summed E-state index contributed by atoms with van der Waals surface area (Å²) in [6.07, 6.45) is 1.85. The summed E-state index contributed by atoms with van der Waals surface area (Å²) in [5, 5.41) is 9.40. The SMILES string of the molecule is CCc1cc(OCCC(C)Oc2ccc(Cl)cc2Oc2cccc(F)c2)ccc1CCC(=O)O. The van der Waals surface area contributed by atoms with Gasteiger partial charge in [0.2, 0.25) is 0 Å². The van der Waals surface area contributed by atoms with Crippen LogP contribution >= 0.6 is 11.6 Å². The molecule has 180 valence electrons. The fourth-order valence-corrected chi connectivity index (χ4v) is 3.60. The highest BCUT2D eigenvalue weighted by Gasteiger charge is 2.13. The Hall–Kier alpha value is -3.25. The Bertz CT molecular complexity index is 1120. The minimum absolute atomic E-state index is 0.109. The van der Waals surface area contributed by atoms with E-state index in [1.165, 1.54) is 12.1 Å². The zero-order valence-electron chi connectivity index (χ0n) is 19.2. The monoisotopic (exact) mass is 486 g/mol. The molecule has 0 amide bonds. The molecule has 1 N–H and O–H groups in total. The third-order valence-corrected chi connectivity index (χ3v) is 5.45. The predicted octanol–water partition coefficient (Wildman–Crippen LogP) is 7.09. The number of carbonyl (C=O) groups is 1. The minimum Gasteiger partial charge on any atom is -0.493 e. The van der Waals surface area contributed by atoms with E-state index in [0.717, 1.165) is 23.3 Å². The topological polar surface area (TPSA) is 65.0 Å². The van der Waals surface area contributed by atoms with Crippen LogP contribution in [0.3, 0.4) is 0 Å². The summed E-state index contributed by atoms with van der Waals surface area (Å²) in [6.45, 7) is 4.40. The van der Waals surface area contributed by atoms with Crippen molar-refractivity contribution >= 4 is 17.6 Å². The number of ether oxygens (including phenoxy) is 3. The lowest BCUT2D eigenvalue weighted by atomic mass is 10.0. The van der Waals surface area contributed by atoms with Crippen molar-refractivity contribution in [3.63, 3.8) is 0 Å². The van der Waals surface area contributed by atoms with Gasteiger partial charge in [0.1, 0.15) is 17.3 Å². The van der Waals surface area contributed by atoms with Crippen LogP contribution in [0.5, 0.6) is 23.0 Å². The summed E-state index contributed by atoms with van der Waals surface area (Å²) < 4.78 is 31.3. The number of aliphatic carboxylic acids is 1. The summed E-state index contributed by atoms with van der Waals surface area (Å²) in [7, 11) is 0. The quantitative estimate of drug-likeness (QED) is 0.296. The Morgan fingerprint density at radius 3 is 2.59 bits per heavy atom. The second-order valence-corrected chi connectivity index (χ2v) is 8.33. The summed E-state index contributed by atoms with van der Waals surface area (Å²) in [4.78, 5) is 10.9. The molecule has 3 aromatic carbocycles. The molecule has 0 spiro atoms. The molecule has 5 nitrogen and oxygen atoms in total. The molecule has 3 aromatic rings. The molecular weight excluding hydrogens is 459 g/mol. The van der Waals surface area contributed by atoms with Gasteiger partial charge in [-0.2, -0.15) is 0 Å². The Kier molecular flexibility index (Phi) is 9.16. The van der Waals surface area contributed by atoms with Gasteiger partial charge in [-0.05, 0) is 67.3 Å². The average molecular weight is 487 g/mol. The number of benzene rings is 3. The van der Waals surface area contributed by atoms with Gasteiger partial charge in [-0.25, -0.2) is 4.39 Å². The first-order valence-electron chi connectivity index (χ1n) is 11.2. The Balaban J connectivity index is 1.57. The van der Waals surface area contributed by atoms with Gasteiger partial charge in [0, 0.05) is 30.0 Å². The van der Waals surface area contributed by atoms with Crippen LogP contribution in [-0.4, -0.2) is 23.8 Å². The third kappa shape index (κ3) is 7.66. The smallest absolute Gasteiger partial charge is 0.303 e. The van der Waals surface area contributed by atoms with E-state index >= 15 is 0 Å². The van der Waals surface area contributed by atoms with E-state index in [1.807, 2.05) is 32.0 Å². The van der Waals surface area contributed by atoms with E-state index in [1.54, 1.807) is 30.3 Å². The number of carboxylic acids is 1. The van der Waals surface area contributed by atoms with Gasteiger partial charge in [-0.1, -0.05) is 30.7 Å². The van der Waals surface area contributed by atoms with Gasteiger partial charge in [0.15, 0.2) is 11.5 Å².